The molecule has 0 radical (unpaired) electrons. The average Bonchev–Trinajstić information content (AvgIpc) is 3.47. The van der Waals surface area contributed by atoms with Crippen LogP contribution in [0.25, 0.3) is 12.2 Å². The van der Waals surface area contributed by atoms with Crippen molar-refractivity contribution in [2.45, 2.75) is 20.0 Å². The van der Waals surface area contributed by atoms with Gasteiger partial charge in [-0.05, 0) is 48.4 Å². The van der Waals surface area contributed by atoms with Gasteiger partial charge in [-0.3, -0.25) is 14.2 Å². The van der Waals surface area contributed by atoms with Crippen LogP contribution in [0.1, 0.15) is 18.1 Å². The predicted octanol–water partition coefficient (Wildman–Crippen LogP) is 0.898. The van der Waals surface area contributed by atoms with E-state index in [1.54, 1.807) is 37.3 Å². The van der Waals surface area contributed by atoms with Gasteiger partial charge in [-0.15, -0.1) is 11.3 Å². The third-order valence-electron chi connectivity index (χ3n) is 5.56. The summed E-state index contributed by atoms with van der Waals surface area (Å²) in [5.74, 6) is 1.53. The number of thiazole rings is 1. The highest BCUT2D eigenvalue weighted by molar-refractivity contribution is 7.07. The number of nitrogens with one attached hydrogen (secondary N) is 1. The van der Waals surface area contributed by atoms with E-state index in [1.165, 1.54) is 10.6 Å². The van der Waals surface area contributed by atoms with Gasteiger partial charge in [-0.1, -0.05) is 12.1 Å². The minimum Gasteiger partial charge on any atom is -0.486 e. The molecule has 0 bridgehead atoms. The van der Waals surface area contributed by atoms with Gasteiger partial charge in [0.05, 0.1) is 17.2 Å². The van der Waals surface area contributed by atoms with Crippen molar-refractivity contribution in [1.82, 2.24) is 9.88 Å². The van der Waals surface area contributed by atoms with Gasteiger partial charge >= 0.3 is 5.97 Å². The number of rotatable bonds is 7. The first kappa shape index (κ1) is 24.4. The number of nitrogens with zero attached hydrogens (tertiary/aromatic N) is 1. The van der Waals surface area contributed by atoms with E-state index in [1.807, 2.05) is 12.1 Å². The number of hydrogen-bond acceptors (Lipinski definition) is 9. The lowest BCUT2D eigenvalue weighted by Crippen LogP contribution is -2.38. The Labute approximate surface area is 215 Å². The van der Waals surface area contributed by atoms with Gasteiger partial charge < -0.3 is 29.0 Å². The quantitative estimate of drug-likeness (QED) is 0.454. The monoisotopic (exact) mass is 524 g/mol. The van der Waals surface area contributed by atoms with E-state index in [0.717, 1.165) is 22.5 Å². The second-order valence-corrected chi connectivity index (χ2v) is 9.17. The van der Waals surface area contributed by atoms with Crippen LogP contribution in [0.2, 0.25) is 0 Å². The molecule has 0 spiro atoms. The number of benzene rings is 2. The van der Waals surface area contributed by atoms with E-state index < -0.39 is 11.5 Å². The molecule has 1 amide bonds. The Morgan fingerprint density at radius 2 is 1.76 bits per heavy atom. The molecule has 0 saturated carbocycles. The van der Waals surface area contributed by atoms with Crippen LogP contribution in [0.3, 0.4) is 0 Å². The van der Waals surface area contributed by atoms with E-state index in [2.05, 4.69) is 5.32 Å². The fourth-order valence-electron chi connectivity index (χ4n) is 3.83. The first-order chi connectivity index (χ1) is 18.0. The lowest BCUT2D eigenvalue weighted by Gasteiger charge is -2.18. The third-order valence-corrected chi connectivity index (χ3v) is 6.62. The highest BCUT2D eigenvalue weighted by Crippen LogP contribution is 2.32. The predicted molar refractivity (Wildman–Crippen MR) is 134 cm³/mol. The molecule has 2 aliphatic heterocycles. The zero-order valence-electron chi connectivity index (χ0n) is 20.0. The Kier molecular flexibility index (Phi) is 7.13. The molecule has 1 aromatic heterocycles. The lowest BCUT2D eigenvalue weighted by molar-refractivity contribution is -0.135. The maximum Gasteiger partial charge on any atom is 0.333 e. The smallest absolute Gasteiger partial charge is 0.333 e. The molecule has 3 aromatic rings. The van der Waals surface area contributed by atoms with Crippen LogP contribution in [-0.4, -0.2) is 43.1 Å². The summed E-state index contributed by atoms with van der Waals surface area (Å²) in [4.78, 5) is 38.2. The second kappa shape index (κ2) is 10.8. The van der Waals surface area contributed by atoms with Crippen LogP contribution >= 0.6 is 11.3 Å². The zero-order valence-corrected chi connectivity index (χ0v) is 20.8. The van der Waals surface area contributed by atoms with Crippen LogP contribution in [0, 0.1) is 0 Å². The number of aromatic nitrogens is 1. The third kappa shape index (κ3) is 5.61. The summed E-state index contributed by atoms with van der Waals surface area (Å²) < 4.78 is 28.8. The molecule has 192 valence electrons. The number of esters is 1. The van der Waals surface area contributed by atoms with Crippen molar-refractivity contribution in [1.29, 1.82) is 0 Å². The van der Waals surface area contributed by atoms with Crippen molar-refractivity contribution in [3.8, 4) is 23.0 Å². The number of carbonyl (C=O) groups is 2. The number of carbonyl (C=O) groups excluding carboxylic acids is 2. The van der Waals surface area contributed by atoms with Crippen molar-refractivity contribution in [3.63, 3.8) is 0 Å². The van der Waals surface area contributed by atoms with Gasteiger partial charge in [0.1, 0.15) is 24.4 Å². The van der Waals surface area contributed by atoms with E-state index in [-0.39, 0.29) is 32.4 Å². The minimum absolute atomic E-state index is 0.164. The molecule has 1 N–H and O–H groups in total. The minimum atomic E-state index is -0.593. The average molecular weight is 525 g/mol. The number of amides is 1. The van der Waals surface area contributed by atoms with Crippen molar-refractivity contribution >= 4 is 35.4 Å². The normalized spacial score (nSPS) is 14.5. The summed E-state index contributed by atoms with van der Waals surface area (Å²) in [6, 6.07) is 10.8. The summed E-state index contributed by atoms with van der Waals surface area (Å²) in [6.45, 7) is 2.95. The van der Waals surface area contributed by atoms with Crippen LogP contribution in [-0.2, 0) is 27.4 Å². The first-order valence-corrected chi connectivity index (χ1v) is 12.5. The second-order valence-electron chi connectivity index (χ2n) is 8.10. The molecule has 0 atom stereocenters. The zero-order chi connectivity index (χ0) is 25.8. The maximum atomic E-state index is 13.3. The topological polar surface area (TPSA) is 114 Å². The van der Waals surface area contributed by atoms with Gasteiger partial charge in [0.2, 0.25) is 12.7 Å². The van der Waals surface area contributed by atoms with Gasteiger partial charge in [0, 0.05) is 6.54 Å². The van der Waals surface area contributed by atoms with E-state index >= 15 is 0 Å². The summed E-state index contributed by atoms with van der Waals surface area (Å²) in [6.07, 6.45) is 2.91. The van der Waals surface area contributed by atoms with Crippen LogP contribution < -0.4 is 39.0 Å². The van der Waals surface area contributed by atoms with Crippen LogP contribution in [0.5, 0.6) is 23.0 Å². The summed E-state index contributed by atoms with van der Waals surface area (Å²) >= 11 is 1.10. The Morgan fingerprint density at radius 1 is 1.03 bits per heavy atom. The van der Waals surface area contributed by atoms with Gasteiger partial charge in [-0.25, -0.2) is 4.79 Å². The summed E-state index contributed by atoms with van der Waals surface area (Å²) in [7, 11) is 0. The number of hydrogen-bond donors (Lipinski definition) is 1. The molecule has 0 aliphatic carbocycles. The van der Waals surface area contributed by atoms with Crippen molar-refractivity contribution in [2.75, 3.05) is 26.6 Å². The molecule has 0 saturated heterocycles. The number of fused-ring (bicyclic) bond motifs is 2. The Bertz CT molecular complexity index is 1520. The highest BCUT2D eigenvalue weighted by atomic mass is 32.1. The van der Waals surface area contributed by atoms with Crippen molar-refractivity contribution < 1.29 is 33.3 Å². The molecule has 2 aliphatic rings. The molecule has 37 heavy (non-hydrogen) atoms. The maximum absolute atomic E-state index is 13.3. The standard InChI is InChI=1S/C26H24N2O8S/c1-2-32-25(30)12-24-28(14-23(29)27-13-17-4-6-19-21(10-17)36-15-35-19)26(31)22(37-24)11-16-3-5-18-20(9-16)34-8-7-33-18/h3-6,9-12H,2,7-8,13-15H2,1H3,(H,27,29)/b22-11-,24-12+. The SMILES string of the molecule is CCOC(=O)/C=c1/s/c(=C\c2ccc3c(c2)OCCO3)c(=O)n1CC(=O)NCc1ccc2c(c1)OCO2. The molecule has 11 heteroatoms. The van der Waals surface area contributed by atoms with Crippen molar-refractivity contribution in [3.05, 3.63) is 67.1 Å². The summed E-state index contributed by atoms with van der Waals surface area (Å²) in [5, 5.41) is 2.80. The highest BCUT2D eigenvalue weighted by Gasteiger charge is 2.15. The van der Waals surface area contributed by atoms with E-state index in [9.17, 15) is 14.4 Å². The summed E-state index contributed by atoms with van der Waals surface area (Å²) in [5.41, 5.74) is 1.15. The number of ether oxygens (including phenoxy) is 5. The van der Waals surface area contributed by atoms with Crippen LogP contribution in [0.15, 0.2) is 41.2 Å². The lowest BCUT2D eigenvalue weighted by atomic mass is 10.2. The first-order valence-electron chi connectivity index (χ1n) is 11.6. The molecule has 0 unspecified atom stereocenters. The Morgan fingerprint density at radius 3 is 2.59 bits per heavy atom. The van der Waals surface area contributed by atoms with Gasteiger partial charge in [0.25, 0.3) is 5.56 Å². The van der Waals surface area contributed by atoms with Gasteiger partial charge in [-0.2, -0.15) is 0 Å². The molecule has 5 rings (SSSR count). The van der Waals surface area contributed by atoms with Gasteiger partial charge in [0.15, 0.2) is 23.0 Å². The Balaban J connectivity index is 1.40. The largest absolute Gasteiger partial charge is 0.486 e. The Hall–Kier alpha value is -4.25. The van der Waals surface area contributed by atoms with E-state index in [4.69, 9.17) is 23.7 Å². The van der Waals surface area contributed by atoms with E-state index in [0.29, 0.717) is 45.4 Å². The molecule has 0 fully saturated rings. The molecular weight excluding hydrogens is 500 g/mol. The molecule has 10 nitrogen and oxygen atoms in total. The van der Waals surface area contributed by atoms with Crippen LogP contribution in [0.4, 0.5) is 0 Å². The fourth-order valence-corrected chi connectivity index (χ4v) is 4.86. The molecular formula is C26H24N2O8S. The van der Waals surface area contributed by atoms with Crippen molar-refractivity contribution in [2.24, 2.45) is 0 Å². The molecule has 3 heterocycles. The fraction of sp³-hybridized carbons (Fsp3) is 0.269. The molecule has 2 aromatic carbocycles.